The van der Waals surface area contributed by atoms with Gasteiger partial charge < -0.3 is 5.11 Å². The summed E-state index contributed by atoms with van der Waals surface area (Å²) in [6.07, 6.45) is 1.78. The third-order valence-electron chi connectivity index (χ3n) is 2.32. The first-order valence-corrected chi connectivity index (χ1v) is 5.87. The Kier molecular flexibility index (Phi) is 3.15. The van der Waals surface area contributed by atoms with Crippen LogP contribution in [0, 0.1) is 13.8 Å². The number of aromatic hydroxyl groups is 1. The third kappa shape index (κ3) is 2.36. The minimum Gasteiger partial charge on any atom is -0.507 e. The van der Waals surface area contributed by atoms with Gasteiger partial charge in [-0.05, 0) is 49.2 Å². The largest absolute Gasteiger partial charge is 0.507 e. The van der Waals surface area contributed by atoms with Gasteiger partial charge in [-0.1, -0.05) is 17.8 Å². The number of hydrogen-bond acceptors (Lipinski definition) is 3. The third-order valence-corrected chi connectivity index (χ3v) is 3.25. The van der Waals surface area contributed by atoms with Crippen molar-refractivity contribution in [2.75, 3.05) is 0 Å². The highest BCUT2D eigenvalue weighted by Gasteiger charge is 2.04. The molecule has 2 aromatic rings. The SMILES string of the molecule is Cc1cc(Sc2ccccn2)cc(C)c1O. The van der Waals surface area contributed by atoms with Crippen LogP contribution in [0.4, 0.5) is 0 Å². The summed E-state index contributed by atoms with van der Waals surface area (Å²) < 4.78 is 0. The zero-order valence-electron chi connectivity index (χ0n) is 9.27. The molecular formula is C13H13NOS. The molecule has 0 atom stereocenters. The number of nitrogens with zero attached hydrogens (tertiary/aromatic N) is 1. The maximum Gasteiger partial charge on any atom is 0.121 e. The number of rotatable bonds is 2. The molecule has 0 saturated carbocycles. The molecule has 1 aromatic carbocycles. The Morgan fingerprint density at radius 2 is 1.81 bits per heavy atom. The van der Waals surface area contributed by atoms with E-state index in [9.17, 15) is 5.11 Å². The lowest BCUT2D eigenvalue weighted by Crippen LogP contribution is -1.83. The predicted molar refractivity (Wildman–Crippen MR) is 65.9 cm³/mol. The standard InChI is InChI=1S/C13H13NOS/c1-9-7-11(8-10(2)13(9)15)16-12-5-3-4-6-14-12/h3-8,15H,1-2H3. The Hall–Kier alpha value is -1.48. The highest BCUT2D eigenvalue weighted by Crippen LogP contribution is 2.31. The molecule has 0 spiro atoms. The summed E-state index contributed by atoms with van der Waals surface area (Å²) >= 11 is 1.60. The summed E-state index contributed by atoms with van der Waals surface area (Å²) in [6.45, 7) is 3.82. The van der Waals surface area contributed by atoms with E-state index in [0.717, 1.165) is 21.0 Å². The number of aromatic nitrogens is 1. The molecule has 2 rings (SSSR count). The first-order valence-electron chi connectivity index (χ1n) is 5.06. The van der Waals surface area contributed by atoms with Gasteiger partial charge in [0, 0.05) is 11.1 Å². The fourth-order valence-corrected chi connectivity index (χ4v) is 2.48. The zero-order chi connectivity index (χ0) is 11.5. The van der Waals surface area contributed by atoms with Crippen LogP contribution >= 0.6 is 11.8 Å². The highest BCUT2D eigenvalue weighted by molar-refractivity contribution is 7.99. The van der Waals surface area contributed by atoms with Gasteiger partial charge in [0.2, 0.25) is 0 Å². The molecule has 0 aliphatic rings. The van der Waals surface area contributed by atoms with Gasteiger partial charge in [-0.3, -0.25) is 0 Å². The Morgan fingerprint density at radius 1 is 1.12 bits per heavy atom. The molecule has 0 amide bonds. The number of phenols is 1. The van der Waals surface area contributed by atoms with E-state index in [2.05, 4.69) is 4.98 Å². The van der Waals surface area contributed by atoms with Crippen molar-refractivity contribution in [3.63, 3.8) is 0 Å². The van der Waals surface area contributed by atoms with Crippen LogP contribution < -0.4 is 0 Å². The van der Waals surface area contributed by atoms with Gasteiger partial charge in [-0.2, -0.15) is 0 Å². The summed E-state index contributed by atoms with van der Waals surface area (Å²) in [6, 6.07) is 9.79. The second-order valence-corrected chi connectivity index (χ2v) is 4.77. The summed E-state index contributed by atoms with van der Waals surface area (Å²) in [7, 11) is 0. The van der Waals surface area contributed by atoms with Crippen molar-refractivity contribution in [3.8, 4) is 5.75 Å². The molecule has 2 nitrogen and oxygen atoms in total. The van der Waals surface area contributed by atoms with Crippen LogP contribution in [-0.4, -0.2) is 10.1 Å². The Labute approximate surface area is 99.4 Å². The van der Waals surface area contributed by atoms with Crippen molar-refractivity contribution in [1.29, 1.82) is 0 Å². The van der Waals surface area contributed by atoms with Crippen molar-refractivity contribution in [2.24, 2.45) is 0 Å². The Bertz CT molecular complexity index is 474. The molecule has 0 aliphatic heterocycles. The van der Waals surface area contributed by atoms with Gasteiger partial charge in [0.25, 0.3) is 0 Å². The van der Waals surface area contributed by atoms with Crippen LogP contribution in [0.1, 0.15) is 11.1 Å². The lowest BCUT2D eigenvalue weighted by molar-refractivity contribution is 0.466. The van der Waals surface area contributed by atoms with Crippen molar-refractivity contribution in [2.45, 2.75) is 23.8 Å². The number of phenolic OH excluding ortho intramolecular Hbond substituents is 1. The molecule has 0 radical (unpaired) electrons. The van der Waals surface area contributed by atoms with Crippen molar-refractivity contribution >= 4 is 11.8 Å². The Morgan fingerprint density at radius 3 is 2.38 bits per heavy atom. The molecule has 1 N–H and O–H groups in total. The van der Waals surface area contributed by atoms with E-state index in [4.69, 9.17) is 0 Å². The number of pyridine rings is 1. The lowest BCUT2D eigenvalue weighted by Gasteiger charge is -2.06. The van der Waals surface area contributed by atoms with Gasteiger partial charge in [-0.15, -0.1) is 0 Å². The maximum atomic E-state index is 9.67. The Balaban J connectivity index is 2.29. The number of benzene rings is 1. The van der Waals surface area contributed by atoms with Crippen LogP contribution in [0.3, 0.4) is 0 Å². The van der Waals surface area contributed by atoms with Gasteiger partial charge in [-0.25, -0.2) is 4.98 Å². The topological polar surface area (TPSA) is 33.1 Å². The monoisotopic (exact) mass is 231 g/mol. The molecule has 3 heteroatoms. The quantitative estimate of drug-likeness (QED) is 0.858. The van der Waals surface area contributed by atoms with Crippen molar-refractivity contribution in [3.05, 3.63) is 47.7 Å². The van der Waals surface area contributed by atoms with Crippen LogP contribution in [-0.2, 0) is 0 Å². The number of hydrogen-bond donors (Lipinski definition) is 1. The van der Waals surface area contributed by atoms with E-state index in [-0.39, 0.29) is 0 Å². The van der Waals surface area contributed by atoms with Crippen molar-refractivity contribution < 1.29 is 5.11 Å². The highest BCUT2D eigenvalue weighted by atomic mass is 32.2. The van der Waals surface area contributed by atoms with Gasteiger partial charge >= 0.3 is 0 Å². The molecule has 0 saturated heterocycles. The molecule has 82 valence electrons. The summed E-state index contributed by atoms with van der Waals surface area (Å²) in [5, 5.41) is 10.6. The molecule has 0 unspecified atom stereocenters. The first kappa shape index (κ1) is 11.0. The fourth-order valence-electron chi connectivity index (χ4n) is 1.50. The summed E-state index contributed by atoms with van der Waals surface area (Å²) in [5.74, 6) is 0.380. The molecule has 0 fully saturated rings. The molecular weight excluding hydrogens is 218 g/mol. The van der Waals surface area contributed by atoms with Gasteiger partial charge in [0.15, 0.2) is 0 Å². The van der Waals surface area contributed by atoms with E-state index < -0.39 is 0 Å². The molecule has 0 bridgehead atoms. The summed E-state index contributed by atoms with van der Waals surface area (Å²) in [5.41, 5.74) is 1.80. The predicted octanol–water partition coefficient (Wildman–Crippen LogP) is 3.56. The van der Waals surface area contributed by atoms with Gasteiger partial charge in [0.1, 0.15) is 10.8 Å². The van der Waals surface area contributed by atoms with Crippen molar-refractivity contribution in [1.82, 2.24) is 4.98 Å². The van der Waals surface area contributed by atoms with Crippen LogP contribution in [0.15, 0.2) is 46.5 Å². The van der Waals surface area contributed by atoms with E-state index in [1.54, 1.807) is 18.0 Å². The van der Waals surface area contributed by atoms with Crippen LogP contribution in [0.25, 0.3) is 0 Å². The minimum atomic E-state index is 0.380. The van der Waals surface area contributed by atoms with Gasteiger partial charge in [0.05, 0.1) is 0 Å². The summed E-state index contributed by atoms with van der Waals surface area (Å²) in [4.78, 5) is 5.36. The first-order chi connectivity index (χ1) is 7.66. The molecule has 1 heterocycles. The molecule has 1 aromatic heterocycles. The normalized spacial score (nSPS) is 10.4. The average molecular weight is 231 g/mol. The molecule has 0 aliphatic carbocycles. The lowest BCUT2D eigenvalue weighted by atomic mass is 10.1. The zero-order valence-corrected chi connectivity index (χ0v) is 10.1. The van der Waals surface area contributed by atoms with E-state index in [1.807, 2.05) is 44.2 Å². The van der Waals surface area contributed by atoms with Crippen LogP contribution in [0.2, 0.25) is 0 Å². The van der Waals surface area contributed by atoms with E-state index in [0.29, 0.717) is 5.75 Å². The smallest absolute Gasteiger partial charge is 0.121 e. The fraction of sp³-hybridized carbons (Fsp3) is 0.154. The van der Waals surface area contributed by atoms with Crippen LogP contribution in [0.5, 0.6) is 5.75 Å². The molecule has 16 heavy (non-hydrogen) atoms. The second kappa shape index (κ2) is 4.58. The second-order valence-electron chi connectivity index (χ2n) is 3.68. The van der Waals surface area contributed by atoms with E-state index >= 15 is 0 Å². The van der Waals surface area contributed by atoms with E-state index in [1.165, 1.54) is 0 Å². The minimum absolute atomic E-state index is 0.380. The maximum absolute atomic E-state index is 9.67. The average Bonchev–Trinajstić information content (AvgIpc) is 2.27. The number of aryl methyl sites for hydroxylation is 2.